The molecule has 3 heteroatoms. The summed E-state index contributed by atoms with van der Waals surface area (Å²) in [6, 6.07) is 0.333. The highest BCUT2D eigenvalue weighted by Gasteiger charge is 2.27. The van der Waals surface area contributed by atoms with Crippen LogP contribution in [0.15, 0.2) is 0 Å². The van der Waals surface area contributed by atoms with Gasteiger partial charge in [0.25, 0.3) is 0 Å². The monoisotopic (exact) mass is 188 g/mol. The van der Waals surface area contributed by atoms with E-state index in [1.54, 1.807) is 0 Å². The van der Waals surface area contributed by atoms with Crippen LogP contribution in [-0.4, -0.2) is 42.8 Å². The fourth-order valence-corrected chi connectivity index (χ4v) is 1.51. The van der Waals surface area contributed by atoms with Gasteiger partial charge in [0.2, 0.25) is 0 Å². The maximum atomic E-state index is 12.8. The summed E-state index contributed by atoms with van der Waals surface area (Å²) in [5, 5.41) is 3.19. The van der Waals surface area contributed by atoms with E-state index >= 15 is 0 Å². The number of likely N-dealkylation sites (N-methyl/N-ethyl adjacent to an activating group) is 1. The number of alkyl halides is 1. The second-order valence-electron chi connectivity index (χ2n) is 4.99. The molecular formula is C10H21FN2. The third kappa shape index (κ3) is 3.24. The minimum atomic E-state index is -0.640. The molecule has 1 N–H and O–H groups in total. The Labute approximate surface area is 80.5 Å². The van der Waals surface area contributed by atoms with Crippen LogP contribution in [0.3, 0.4) is 0 Å². The van der Waals surface area contributed by atoms with E-state index in [4.69, 9.17) is 0 Å². The summed E-state index contributed by atoms with van der Waals surface area (Å²) in [7, 11) is 2.09. The van der Waals surface area contributed by atoms with E-state index in [0.29, 0.717) is 19.0 Å². The molecule has 1 unspecified atom stereocenters. The fourth-order valence-electron chi connectivity index (χ4n) is 1.51. The largest absolute Gasteiger partial charge is 0.310 e. The number of nitrogens with zero attached hydrogens (tertiary/aromatic N) is 1. The smallest absolute Gasteiger partial charge is 0.114 e. The molecule has 0 aromatic carbocycles. The molecule has 0 spiro atoms. The topological polar surface area (TPSA) is 15.3 Å². The second-order valence-corrected chi connectivity index (χ2v) is 4.99. The van der Waals surface area contributed by atoms with Gasteiger partial charge in [0.05, 0.1) is 0 Å². The summed E-state index contributed by atoms with van der Waals surface area (Å²) >= 11 is 0. The quantitative estimate of drug-likeness (QED) is 0.705. The normalized spacial score (nSPS) is 30.0. The van der Waals surface area contributed by atoms with Crippen LogP contribution in [0.4, 0.5) is 4.39 Å². The first-order valence-electron chi connectivity index (χ1n) is 4.98. The number of hydrogen-bond donors (Lipinski definition) is 1. The average molecular weight is 188 g/mol. The molecule has 1 aliphatic rings. The average Bonchev–Trinajstić information content (AvgIpc) is 2.33. The van der Waals surface area contributed by atoms with Crippen molar-refractivity contribution in [2.75, 3.05) is 20.1 Å². The third-order valence-corrected chi connectivity index (χ3v) is 2.81. The van der Waals surface area contributed by atoms with Gasteiger partial charge in [-0.05, 0) is 34.2 Å². The van der Waals surface area contributed by atoms with Gasteiger partial charge in [-0.2, -0.15) is 0 Å². The molecule has 13 heavy (non-hydrogen) atoms. The maximum absolute atomic E-state index is 12.8. The van der Waals surface area contributed by atoms with Gasteiger partial charge in [-0.1, -0.05) is 0 Å². The second kappa shape index (κ2) is 3.93. The lowest BCUT2D eigenvalue weighted by atomic mass is 10.1. The highest BCUT2D eigenvalue weighted by molar-refractivity contribution is 4.86. The highest BCUT2D eigenvalue weighted by Crippen LogP contribution is 2.15. The van der Waals surface area contributed by atoms with E-state index < -0.39 is 6.17 Å². The molecular weight excluding hydrogens is 167 g/mol. The zero-order valence-corrected chi connectivity index (χ0v) is 9.10. The third-order valence-electron chi connectivity index (χ3n) is 2.81. The van der Waals surface area contributed by atoms with Crippen molar-refractivity contribution in [2.24, 2.45) is 0 Å². The molecule has 0 aliphatic carbocycles. The van der Waals surface area contributed by atoms with Crippen LogP contribution in [0.5, 0.6) is 0 Å². The van der Waals surface area contributed by atoms with Gasteiger partial charge in [-0.15, -0.1) is 0 Å². The molecule has 0 aromatic heterocycles. The van der Waals surface area contributed by atoms with Crippen LogP contribution in [0.1, 0.15) is 27.2 Å². The van der Waals surface area contributed by atoms with Gasteiger partial charge < -0.3 is 5.32 Å². The van der Waals surface area contributed by atoms with Crippen molar-refractivity contribution in [1.82, 2.24) is 10.2 Å². The molecule has 2 atom stereocenters. The van der Waals surface area contributed by atoms with Crippen molar-refractivity contribution in [2.45, 2.75) is 44.9 Å². The first-order valence-corrected chi connectivity index (χ1v) is 4.98. The van der Waals surface area contributed by atoms with Crippen LogP contribution in [-0.2, 0) is 0 Å². The summed E-state index contributed by atoms with van der Waals surface area (Å²) in [5.74, 6) is 0. The van der Waals surface area contributed by atoms with Crippen molar-refractivity contribution < 1.29 is 4.39 Å². The summed E-state index contributed by atoms with van der Waals surface area (Å²) in [4.78, 5) is 2.27. The molecule has 1 aliphatic heterocycles. The van der Waals surface area contributed by atoms with Crippen molar-refractivity contribution >= 4 is 0 Å². The number of hydrogen-bond acceptors (Lipinski definition) is 2. The minimum Gasteiger partial charge on any atom is -0.310 e. The molecule has 0 saturated carbocycles. The Morgan fingerprint density at radius 1 is 1.46 bits per heavy atom. The zero-order valence-electron chi connectivity index (χ0n) is 9.10. The summed E-state index contributed by atoms with van der Waals surface area (Å²) in [6.07, 6.45) is 0.0267. The number of halogens is 1. The van der Waals surface area contributed by atoms with E-state index in [2.05, 4.69) is 38.0 Å². The van der Waals surface area contributed by atoms with Crippen LogP contribution in [0, 0.1) is 0 Å². The lowest BCUT2D eigenvalue weighted by Gasteiger charge is -2.33. The lowest BCUT2D eigenvalue weighted by Crippen LogP contribution is -2.45. The standard InChI is InChI=1S/C10H21FN2/c1-10(2,3)13(4)7-9-5-8(11)6-12-9/h8-9,12H,5-7H2,1-4H3/t8?,9-/m0/s1. The fraction of sp³-hybridized carbons (Fsp3) is 1.00. The predicted molar refractivity (Wildman–Crippen MR) is 53.7 cm³/mol. The molecule has 0 bridgehead atoms. The molecule has 1 fully saturated rings. The van der Waals surface area contributed by atoms with E-state index in [1.165, 1.54) is 0 Å². The minimum absolute atomic E-state index is 0.177. The van der Waals surface area contributed by atoms with E-state index in [-0.39, 0.29) is 5.54 Å². The van der Waals surface area contributed by atoms with Crippen LogP contribution < -0.4 is 5.32 Å². The molecule has 1 heterocycles. The summed E-state index contributed by atoms with van der Waals surface area (Å²) in [5.41, 5.74) is 0.177. The van der Waals surface area contributed by atoms with Crippen molar-refractivity contribution in [3.05, 3.63) is 0 Å². The Balaban J connectivity index is 2.33. The first kappa shape index (κ1) is 10.9. The highest BCUT2D eigenvalue weighted by atomic mass is 19.1. The summed E-state index contributed by atoms with van der Waals surface area (Å²) < 4.78 is 12.8. The van der Waals surface area contributed by atoms with Crippen molar-refractivity contribution in [1.29, 1.82) is 0 Å². The van der Waals surface area contributed by atoms with Crippen molar-refractivity contribution in [3.63, 3.8) is 0 Å². The summed E-state index contributed by atoms with van der Waals surface area (Å²) in [6.45, 7) is 7.99. The maximum Gasteiger partial charge on any atom is 0.114 e. The zero-order chi connectivity index (χ0) is 10.1. The van der Waals surface area contributed by atoms with E-state index in [9.17, 15) is 4.39 Å². The van der Waals surface area contributed by atoms with Gasteiger partial charge >= 0.3 is 0 Å². The van der Waals surface area contributed by atoms with E-state index in [0.717, 1.165) is 6.54 Å². The molecule has 0 radical (unpaired) electrons. The SMILES string of the molecule is CN(C[C@@H]1CC(F)CN1)C(C)(C)C. The van der Waals surface area contributed by atoms with Crippen molar-refractivity contribution in [3.8, 4) is 0 Å². The van der Waals surface area contributed by atoms with E-state index in [1.807, 2.05) is 0 Å². The van der Waals surface area contributed by atoms with Gasteiger partial charge in [0, 0.05) is 24.7 Å². The molecule has 1 rings (SSSR count). The molecule has 0 amide bonds. The molecule has 0 aromatic rings. The Morgan fingerprint density at radius 3 is 2.46 bits per heavy atom. The van der Waals surface area contributed by atoms with Gasteiger partial charge in [0.15, 0.2) is 0 Å². The first-order chi connectivity index (χ1) is 5.89. The van der Waals surface area contributed by atoms with Crippen LogP contribution in [0.25, 0.3) is 0 Å². The molecule has 1 saturated heterocycles. The number of nitrogens with one attached hydrogen (secondary N) is 1. The van der Waals surface area contributed by atoms with Crippen LogP contribution in [0.2, 0.25) is 0 Å². The Morgan fingerprint density at radius 2 is 2.08 bits per heavy atom. The Hall–Kier alpha value is -0.150. The Kier molecular flexibility index (Phi) is 3.30. The van der Waals surface area contributed by atoms with Crippen LogP contribution >= 0.6 is 0 Å². The molecule has 2 nitrogen and oxygen atoms in total. The van der Waals surface area contributed by atoms with Gasteiger partial charge in [-0.3, -0.25) is 4.90 Å². The van der Waals surface area contributed by atoms with Gasteiger partial charge in [0.1, 0.15) is 6.17 Å². The number of rotatable bonds is 2. The predicted octanol–water partition coefficient (Wildman–Crippen LogP) is 1.42. The Bertz CT molecular complexity index is 165. The van der Waals surface area contributed by atoms with Gasteiger partial charge in [-0.25, -0.2) is 4.39 Å². The molecule has 78 valence electrons. The lowest BCUT2D eigenvalue weighted by molar-refractivity contribution is 0.160.